The van der Waals surface area contributed by atoms with Gasteiger partial charge in [-0.2, -0.15) is 0 Å². The van der Waals surface area contributed by atoms with Crippen LogP contribution in [0.1, 0.15) is 17.5 Å². The van der Waals surface area contributed by atoms with E-state index in [9.17, 15) is 0 Å². The van der Waals surface area contributed by atoms with Crippen LogP contribution in [0.2, 0.25) is 0 Å². The normalized spacial score (nSPS) is 23.9. The number of hydrogen-bond acceptors (Lipinski definition) is 3. The smallest absolute Gasteiger partial charge is 0.189 e. The molecular formula is C13H17NO2. The van der Waals surface area contributed by atoms with Crippen LogP contribution in [0.3, 0.4) is 0 Å². The molecular weight excluding hydrogens is 202 g/mol. The third-order valence-electron chi connectivity index (χ3n) is 3.39. The van der Waals surface area contributed by atoms with E-state index < -0.39 is 0 Å². The SMILES string of the molecule is c1cc2c(c(CC3CCNC3)c1)OCOC2. The van der Waals surface area contributed by atoms with Crippen molar-refractivity contribution in [2.75, 3.05) is 19.9 Å². The summed E-state index contributed by atoms with van der Waals surface area (Å²) in [5.74, 6) is 1.83. The summed E-state index contributed by atoms with van der Waals surface area (Å²) in [5, 5.41) is 3.41. The van der Waals surface area contributed by atoms with Crippen molar-refractivity contribution in [2.24, 2.45) is 5.92 Å². The summed E-state index contributed by atoms with van der Waals surface area (Å²) >= 11 is 0. The van der Waals surface area contributed by atoms with Gasteiger partial charge in [0.25, 0.3) is 0 Å². The van der Waals surface area contributed by atoms with Crippen LogP contribution in [0, 0.1) is 5.92 Å². The molecule has 1 saturated heterocycles. The van der Waals surface area contributed by atoms with Gasteiger partial charge in [0.05, 0.1) is 6.61 Å². The Morgan fingerprint density at radius 3 is 3.25 bits per heavy atom. The molecule has 2 aliphatic rings. The molecule has 2 heterocycles. The molecule has 0 saturated carbocycles. The van der Waals surface area contributed by atoms with Crippen molar-refractivity contribution >= 4 is 0 Å². The molecule has 1 unspecified atom stereocenters. The molecule has 0 aromatic heterocycles. The van der Waals surface area contributed by atoms with Crippen molar-refractivity contribution in [1.29, 1.82) is 0 Å². The Labute approximate surface area is 95.8 Å². The summed E-state index contributed by atoms with van der Waals surface area (Å²) in [5.41, 5.74) is 2.53. The van der Waals surface area contributed by atoms with E-state index in [2.05, 4.69) is 23.5 Å². The Bertz CT molecular complexity index is 372. The second kappa shape index (κ2) is 4.44. The maximum atomic E-state index is 5.62. The van der Waals surface area contributed by atoms with E-state index in [4.69, 9.17) is 9.47 Å². The quantitative estimate of drug-likeness (QED) is 0.821. The zero-order chi connectivity index (χ0) is 10.8. The molecule has 1 fully saturated rings. The second-order valence-corrected chi connectivity index (χ2v) is 4.58. The molecule has 0 amide bonds. The first-order chi connectivity index (χ1) is 7.93. The summed E-state index contributed by atoms with van der Waals surface area (Å²) in [6, 6.07) is 6.38. The van der Waals surface area contributed by atoms with Crippen molar-refractivity contribution in [3.05, 3.63) is 29.3 Å². The highest BCUT2D eigenvalue weighted by molar-refractivity contribution is 5.42. The summed E-state index contributed by atoms with van der Waals surface area (Å²) in [7, 11) is 0. The van der Waals surface area contributed by atoms with E-state index in [1.165, 1.54) is 17.5 Å². The monoisotopic (exact) mass is 219 g/mol. The molecule has 0 bridgehead atoms. The molecule has 0 spiro atoms. The Morgan fingerprint density at radius 2 is 2.38 bits per heavy atom. The lowest BCUT2D eigenvalue weighted by molar-refractivity contribution is -0.0171. The van der Waals surface area contributed by atoms with Gasteiger partial charge in [0.2, 0.25) is 0 Å². The minimum Gasteiger partial charge on any atom is -0.467 e. The third-order valence-corrected chi connectivity index (χ3v) is 3.39. The Kier molecular flexibility index (Phi) is 2.80. The average Bonchev–Trinajstić information content (AvgIpc) is 2.82. The number of nitrogens with one attached hydrogen (secondary N) is 1. The lowest BCUT2D eigenvalue weighted by Gasteiger charge is -2.21. The van der Waals surface area contributed by atoms with Crippen LogP contribution in [-0.4, -0.2) is 19.9 Å². The van der Waals surface area contributed by atoms with E-state index in [1.54, 1.807) is 0 Å². The van der Waals surface area contributed by atoms with Gasteiger partial charge in [0.1, 0.15) is 5.75 Å². The summed E-state index contributed by atoms with van der Waals surface area (Å²) < 4.78 is 10.9. The van der Waals surface area contributed by atoms with Crippen LogP contribution in [0.15, 0.2) is 18.2 Å². The number of hydrogen-bond donors (Lipinski definition) is 1. The number of ether oxygens (including phenoxy) is 2. The van der Waals surface area contributed by atoms with Crippen molar-refractivity contribution in [1.82, 2.24) is 5.32 Å². The highest BCUT2D eigenvalue weighted by Gasteiger charge is 2.20. The van der Waals surface area contributed by atoms with Gasteiger partial charge in [-0.05, 0) is 37.4 Å². The molecule has 1 atom stereocenters. The van der Waals surface area contributed by atoms with Gasteiger partial charge in [-0.25, -0.2) is 0 Å². The molecule has 3 heteroatoms. The second-order valence-electron chi connectivity index (χ2n) is 4.58. The topological polar surface area (TPSA) is 30.5 Å². The number of rotatable bonds is 2. The summed E-state index contributed by atoms with van der Waals surface area (Å²) in [4.78, 5) is 0. The lowest BCUT2D eigenvalue weighted by atomic mass is 9.96. The van der Waals surface area contributed by atoms with Crippen LogP contribution >= 0.6 is 0 Å². The molecule has 0 aliphatic carbocycles. The van der Waals surface area contributed by atoms with Gasteiger partial charge >= 0.3 is 0 Å². The number of fused-ring (bicyclic) bond motifs is 1. The molecule has 3 nitrogen and oxygen atoms in total. The molecule has 1 aromatic rings. The van der Waals surface area contributed by atoms with E-state index in [0.717, 1.165) is 31.2 Å². The van der Waals surface area contributed by atoms with Crippen LogP contribution in [0.4, 0.5) is 0 Å². The molecule has 0 radical (unpaired) electrons. The van der Waals surface area contributed by atoms with Gasteiger partial charge in [-0.15, -0.1) is 0 Å². The molecule has 1 N–H and O–H groups in total. The van der Waals surface area contributed by atoms with E-state index in [0.29, 0.717) is 13.4 Å². The first-order valence-electron chi connectivity index (χ1n) is 5.95. The van der Waals surface area contributed by atoms with Gasteiger partial charge in [-0.3, -0.25) is 0 Å². The van der Waals surface area contributed by atoms with Crippen molar-refractivity contribution in [2.45, 2.75) is 19.4 Å². The first-order valence-corrected chi connectivity index (χ1v) is 5.95. The number of para-hydroxylation sites is 1. The fraction of sp³-hybridized carbons (Fsp3) is 0.538. The minimum absolute atomic E-state index is 0.396. The van der Waals surface area contributed by atoms with Crippen LogP contribution in [0.25, 0.3) is 0 Å². The maximum absolute atomic E-state index is 5.62. The molecule has 16 heavy (non-hydrogen) atoms. The first kappa shape index (κ1) is 10.1. The zero-order valence-corrected chi connectivity index (χ0v) is 9.37. The highest BCUT2D eigenvalue weighted by atomic mass is 16.7. The summed E-state index contributed by atoms with van der Waals surface area (Å²) in [6.07, 6.45) is 2.40. The van der Waals surface area contributed by atoms with Gasteiger partial charge in [-0.1, -0.05) is 18.2 Å². The molecule has 3 rings (SSSR count). The Hall–Kier alpha value is -1.06. The molecule has 1 aromatic carbocycles. The van der Waals surface area contributed by atoms with Crippen molar-refractivity contribution in [3.8, 4) is 5.75 Å². The average molecular weight is 219 g/mol. The van der Waals surface area contributed by atoms with Gasteiger partial charge < -0.3 is 14.8 Å². The lowest BCUT2D eigenvalue weighted by Crippen LogP contribution is -2.15. The van der Waals surface area contributed by atoms with E-state index >= 15 is 0 Å². The maximum Gasteiger partial charge on any atom is 0.189 e. The third kappa shape index (κ3) is 1.93. The van der Waals surface area contributed by atoms with Crippen molar-refractivity contribution in [3.63, 3.8) is 0 Å². The van der Waals surface area contributed by atoms with Crippen LogP contribution in [0.5, 0.6) is 5.75 Å². The standard InChI is InChI=1S/C13H17NO2/c1-2-11(6-10-4-5-14-7-10)13-12(3-1)8-15-9-16-13/h1-3,10,14H,4-9H2. The van der Waals surface area contributed by atoms with Gasteiger partial charge in [0.15, 0.2) is 6.79 Å². The van der Waals surface area contributed by atoms with Crippen molar-refractivity contribution < 1.29 is 9.47 Å². The molecule has 86 valence electrons. The Morgan fingerprint density at radius 1 is 1.38 bits per heavy atom. The molecule has 2 aliphatic heterocycles. The minimum atomic E-state index is 0.396. The van der Waals surface area contributed by atoms with Crippen LogP contribution in [-0.2, 0) is 17.8 Å². The Balaban J connectivity index is 1.82. The number of benzene rings is 1. The predicted octanol–water partition coefficient (Wildman–Crippen LogP) is 1.71. The zero-order valence-electron chi connectivity index (χ0n) is 9.37. The fourth-order valence-electron chi connectivity index (χ4n) is 2.55. The van der Waals surface area contributed by atoms with Gasteiger partial charge in [0, 0.05) is 5.56 Å². The van der Waals surface area contributed by atoms with Crippen LogP contribution < -0.4 is 10.1 Å². The summed E-state index contributed by atoms with van der Waals surface area (Å²) in [6.45, 7) is 3.38. The predicted molar refractivity (Wildman–Crippen MR) is 61.4 cm³/mol. The fourth-order valence-corrected chi connectivity index (χ4v) is 2.55. The van der Waals surface area contributed by atoms with E-state index in [1.807, 2.05) is 0 Å². The largest absolute Gasteiger partial charge is 0.467 e. The van der Waals surface area contributed by atoms with E-state index in [-0.39, 0.29) is 0 Å². The highest BCUT2D eigenvalue weighted by Crippen LogP contribution is 2.30.